The minimum absolute atomic E-state index is 0. The lowest BCUT2D eigenvalue weighted by Crippen LogP contribution is -2.49. The Labute approximate surface area is 184 Å². The smallest absolute Gasteiger partial charge is 0.310 e. The van der Waals surface area contributed by atoms with Crippen LogP contribution in [-0.4, -0.2) is 63.3 Å². The van der Waals surface area contributed by atoms with E-state index in [1.807, 2.05) is 38.1 Å². The summed E-state index contributed by atoms with van der Waals surface area (Å²) in [4.78, 5) is 18.5. The summed E-state index contributed by atoms with van der Waals surface area (Å²) in [6, 6.07) is 7.52. The van der Waals surface area contributed by atoms with Crippen molar-refractivity contribution in [2.75, 3.05) is 40.4 Å². The van der Waals surface area contributed by atoms with Crippen LogP contribution in [0.15, 0.2) is 29.3 Å². The van der Waals surface area contributed by atoms with Gasteiger partial charge in [0.15, 0.2) is 5.96 Å². The highest BCUT2D eigenvalue weighted by atomic mass is 127. The number of piperidine rings is 1. The van der Waals surface area contributed by atoms with Crippen molar-refractivity contribution in [3.63, 3.8) is 0 Å². The van der Waals surface area contributed by atoms with Crippen LogP contribution in [0.5, 0.6) is 11.5 Å². The second-order valence-corrected chi connectivity index (χ2v) is 6.57. The molecule has 2 atom stereocenters. The van der Waals surface area contributed by atoms with Crippen molar-refractivity contribution >= 4 is 35.9 Å². The number of methoxy groups -OCH3 is 1. The number of hydrogen-bond acceptors (Lipinski definition) is 5. The van der Waals surface area contributed by atoms with Gasteiger partial charge in [-0.15, -0.1) is 24.0 Å². The van der Waals surface area contributed by atoms with Gasteiger partial charge in [-0.25, -0.2) is 0 Å². The van der Waals surface area contributed by atoms with Crippen LogP contribution < -0.4 is 14.8 Å². The maximum absolute atomic E-state index is 12.0. The van der Waals surface area contributed by atoms with Gasteiger partial charge in [0.1, 0.15) is 17.6 Å². The van der Waals surface area contributed by atoms with Gasteiger partial charge in [-0.05, 0) is 51.0 Å². The van der Waals surface area contributed by atoms with Gasteiger partial charge in [-0.3, -0.25) is 9.79 Å². The number of nitrogens with one attached hydrogen (secondary N) is 1. The SMILES string of the molecule is CCOC(=O)C1CCCN(C(=NC)NCC(C)Oc2ccc(OC)cc2)C1.I. The maximum Gasteiger partial charge on any atom is 0.310 e. The molecule has 0 aromatic heterocycles. The quantitative estimate of drug-likeness (QED) is 0.266. The Morgan fingerprint density at radius 3 is 2.61 bits per heavy atom. The van der Waals surface area contributed by atoms with E-state index in [-0.39, 0.29) is 42.0 Å². The molecule has 0 radical (unpaired) electrons. The van der Waals surface area contributed by atoms with Crippen LogP contribution in [0, 0.1) is 5.92 Å². The Bertz CT molecular complexity index is 624. The number of carbonyl (C=O) groups is 1. The highest BCUT2D eigenvalue weighted by Gasteiger charge is 2.28. The lowest BCUT2D eigenvalue weighted by atomic mass is 9.98. The second kappa shape index (κ2) is 12.7. The Morgan fingerprint density at radius 1 is 1.32 bits per heavy atom. The molecule has 1 aliphatic rings. The van der Waals surface area contributed by atoms with E-state index in [9.17, 15) is 4.79 Å². The van der Waals surface area contributed by atoms with E-state index in [4.69, 9.17) is 14.2 Å². The number of aliphatic imine (C=N–C) groups is 1. The first-order valence-electron chi connectivity index (χ1n) is 9.50. The average Bonchev–Trinajstić information content (AvgIpc) is 2.69. The Hall–Kier alpha value is -1.71. The molecular weight excluding hydrogens is 473 g/mol. The first-order chi connectivity index (χ1) is 13.1. The number of rotatable bonds is 7. The maximum atomic E-state index is 12.0. The van der Waals surface area contributed by atoms with Crippen molar-refractivity contribution in [3.8, 4) is 11.5 Å². The van der Waals surface area contributed by atoms with Crippen LogP contribution in [-0.2, 0) is 9.53 Å². The molecule has 0 bridgehead atoms. The van der Waals surface area contributed by atoms with Gasteiger partial charge in [0.05, 0.1) is 26.2 Å². The van der Waals surface area contributed by atoms with Gasteiger partial charge >= 0.3 is 5.97 Å². The minimum atomic E-state index is -0.117. The molecule has 0 amide bonds. The first-order valence-corrected chi connectivity index (χ1v) is 9.50. The topological polar surface area (TPSA) is 72.4 Å². The second-order valence-electron chi connectivity index (χ2n) is 6.57. The molecule has 2 unspecified atom stereocenters. The normalized spacial score (nSPS) is 17.9. The Morgan fingerprint density at radius 2 is 2.00 bits per heavy atom. The molecule has 1 aromatic rings. The van der Waals surface area contributed by atoms with Crippen molar-refractivity contribution in [2.45, 2.75) is 32.8 Å². The molecule has 1 N–H and O–H groups in total. The number of likely N-dealkylation sites (tertiary alicyclic amines) is 1. The summed E-state index contributed by atoms with van der Waals surface area (Å²) in [5, 5.41) is 3.35. The van der Waals surface area contributed by atoms with Crippen LogP contribution in [0.4, 0.5) is 0 Å². The number of carbonyl (C=O) groups excluding carboxylic acids is 1. The zero-order valence-corrected chi connectivity index (χ0v) is 19.5. The zero-order valence-electron chi connectivity index (χ0n) is 17.1. The number of ether oxygens (including phenoxy) is 3. The molecule has 1 heterocycles. The summed E-state index contributed by atoms with van der Waals surface area (Å²) in [7, 11) is 3.40. The average molecular weight is 505 g/mol. The number of esters is 1. The van der Waals surface area contributed by atoms with Crippen LogP contribution in [0.2, 0.25) is 0 Å². The number of hydrogen-bond donors (Lipinski definition) is 1. The van der Waals surface area contributed by atoms with Gasteiger partial charge in [-0.1, -0.05) is 0 Å². The number of nitrogens with zero attached hydrogens (tertiary/aromatic N) is 2. The van der Waals surface area contributed by atoms with Crippen molar-refractivity contribution in [3.05, 3.63) is 24.3 Å². The predicted molar refractivity (Wildman–Crippen MR) is 121 cm³/mol. The standard InChI is InChI=1S/C20H31N3O4.HI/c1-5-26-19(24)16-7-6-12-23(14-16)20(21-3)22-13-15(2)27-18-10-8-17(25-4)9-11-18;/h8-11,15-16H,5-7,12-14H2,1-4H3,(H,21,22);1H. The molecule has 8 heteroatoms. The fourth-order valence-electron chi connectivity index (χ4n) is 3.12. The van der Waals surface area contributed by atoms with E-state index >= 15 is 0 Å². The molecule has 0 spiro atoms. The summed E-state index contributed by atoms with van der Waals surface area (Å²) < 4.78 is 16.2. The molecule has 158 valence electrons. The summed E-state index contributed by atoms with van der Waals surface area (Å²) in [6.45, 7) is 6.38. The van der Waals surface area contributed by atoms with Crippen molar-refractivity contribution < 1.29 is 19.0 Å². The number of halogens is 1. The third-order valence-electron chi connectivity index (χ3n) is 4.50. The molecule has 2 rings (SSSR count). The first kappa shape index (κ1) is 24.3. The fourth-order valence-corrected chi connectivity index (χ4v) is 3.12. The molecule has 1 fully saturated rings. The molecule has 28 heavy (non-hydrogen) atoms. The zero-order chi connectivity index (χ0) is 19.6. The summed E-state index contributed by atoms with van der Waals surface area (Å²) in [5.74, 6) is 2.17. The summed E-state index contributed by atoms with van der Waals surface area (Å²) >= 11 is 0. The Balaban J connectivity index is 0.00000392. The minimum Gasteiger partial charge on any atom is -0.497 e. The van der Waals surface area contributed by atoms with Crippen LogP contribution in [0.3, 0.4) is 0 Å². The van der Waals surface area contributed by atoms with E-state index in [1.54, 1.807) is 14.2 Å². The molecule has 0 aliphatic carbocycles. The van der Waals surface area contributed by atoms with Gasteiger partial charge in [0, 0.05) is 20.1 Å². The highest BCUT2D eigenvalue weighted by Crippen LogP contribution is 2.19. The van der Waals surface area contributed by atoms with E-state index < -0.39 is 0 Å². The van der Waals surface area contributed by atoms with Crippen molar-refractivity contribution in [2.24, 2.45) is 10.9 Å². The van der Waals surface area contributed by atoms with Gasteiger partial charge < -0.3 is 24.4 Å². The third-order valence-corrected chi connectivity index (χ3v) is 4.50. The monoisotopic (exact) mass is 505 g/mol. The van der Waals surface area contributed by atoms with E-state index in [1.165, 1.54) is 0 Å². The lowest BCUT2D eigenvalue weighted by Gasteiger charge is -2.34. The van der Waals surface area contributed by atoms with Crippen LogP contribution in [0.1, 0.15) is 26.7 Å². The number of guanidine groups is 1. The van der Waals surface area contributed by atoms with Crippen molar-refractivity contribution in [1.29, 1.82) is 0 Å². The highest BCUT2D eigenvalue weighted by molar-refractivity contribution is 14.0. The van der Waals surface area contributed by atoms with Crippen molar-refractivity contribution in [1.82, 2.24) is 10.2 Å². The summed E-state index contributed by atoms with van der Waals surface area (Å²) in [6.07, 6.45) is 1.77. The Kier molecular flexibility index (Phi) is 11.0. The van der Waals surface area contributed by atoms with E-state index in [0.29, 0.717) is 19.7 Å². The predicted octanol–water partition coefficient (Wildman–Crippen LogP) is 2.93. The lowest BCUT2D eigenvalue weighted by molar-refractivity contribution is -0.149. The molecule has 1 aliphatic heterocycles. The molecular formula is C20H32IN3O4. The fraction of sp³-hybridized carbons (Fsp3) is 0.600. The van der Waals surface area contributed by atoms with Gasteiger partial charge in [-0.2, -0.15) is 0 Å². The molecule has 1 saturated heterocycles. The van der Waals surface area contributed by atoms with Crippen LogP contribution in [0.25, 0.3) is 0 Å². The van der Waals surface area contributed by atoms with Gasteiger partial charge in [0.25, 0.3) is 0 Å². The largest absolute Gasteiger partial charge is 0.497 e. The number of benzene rings is 1. The molecule has 1 aromatic carbocycles. The van der Waals surface area contributed by atoms with Gasteiger partial charge in [0.2, 0.25) is 0 Å². The molecule has 0 saturated carbocycles. The molecule has 7 nitrogen and oxygen atoms in total. The third kappa shape index (κ3) is 7.37. The van der Waals surface area contributed by atoms with Crippen LogP contribution >= 0.6 is 24.0 Å². The van der Waals surface area contributed by atoms with E-state index in [0.717, 1.165) is 36.8 Å². The van der Waals surface area contributed by atoms with E-state index in [2.05, 4.69) is 15.2 Å². The summed E-state index contributed by atoms with van der Waals surface area (Å²) in [5.41, 5.74) is 0.